The SMILES string of the molecule is CCO[Si](C[n+]1ccccc1)(OCC)OCC.O=S(=O)([N-]S(=O)(=O)C(F)(F)F)C(F)(F)F. The lowest BCUT2D eigenvalue weighted by Gasteiger charge is -2.25. The van der Waals surface area contributed by atoms with E-state index in [9.17, 15) is 43.2 Å². The van der Waals surface area contributed by atoms with Gasteiger partial charge in [0, 0.05) is 32.0 Å². The van der Waals surface area contributed by atoms with Gasteiger partial charge in [0.1, 0.15) is 0 Å². The van der Waals surface area contributed by atoms with Crippen LogP contribution in [0.3, 0.4) is 0 Å². The second-order valence-corrected chi connectivity index (χ2v) is 11.4. The van der Waals surface area contributed by atoms with E-state index < -0.39 is 39.9 Å². The fourth-order valence-corrected chi connectivity index (χ4v) is 6.11. The van der Waals surface area contributed by atoms with Gasteiger partial charge in [-0.05, 0) is 20.8 Å². The quantitative estimate of drug-likeness (QED) is 0.257. The highest BCUT2D eigenvalue weighted by molar-refractivity contribution is 8.13. The lowest BCUT2D eigenvalue weighted by atomic mass is 10.5. The van der Waals surface area contributed by atoms with Crippen LogP contribution in [-0.2, 0) is 39.5 Å². The van der Waals surface area contributed by atoms with Crippen LogP contribution >= 0.6 is 0 Å². The Morgan fingerprint density at radius 3 is 1.38 bits per heavy atom. The molecule has 1 heterocycles. The van der Waals surface area contributed by atoms with Crippen molar-refractivity contribution in [1.29, 1.82) is 0 Å². The Bertz CT molecular complexity index is 837. The van der Waals surface area contributed by atoms with Crippen LogP contribution in [0.15, 0.2) is 30.6 Å². The van der Waals surface area contributed by atoms with E-state index in [4.69, 9.17) is 13.3 Å². The Kier molecular flexibility index (Phi) is 11.7. The van der Waals surface area contributed by atoms with E-state index >= 15 is 0 Å². The molecule has 18 heteroatoms. The summed E-state index contributed by atoms with van der Waals surface area (Å²) in [5, 5.41) is 0. The van der Waals surface area contributed by atoms with E-state index in [1.807, 2.05) is 55.9 Å². The monoisotopic (exact) mass is 536 g/mol. The molecule has 0 unspecified atom stereocenters. The van der Waals surface area contributed by atoms with Crippen molar-refractivity contribution in [2.45, 2.75) is 38.0 Å². The summed E-state index contributed by atoms with van der Waals surface area (Å²) < 4.78 is 129. The predicted octanol–water partition coefficient (Wildman–Crippen LogP) is 2.62. The molecule has 0 spiro atoms. The molecule has 0 aliphatic rings. The van der Waals surface area contributed by atoms with E-state index in [0.29, 0.717) is 26.0 Å². The molecule has 1 aromatic heterocycles. The normalized spacial score (nSPS) is 13.4. The van der Waals surface area contributed by atoms with Gasteiger partial charge in [-0.15, -0.1) is 0 Å². The van der Waals surface area contributed by atoms with E-state index in [-0.39, 0.29) is 0 Å². The van der Waals surface area contributed by atoms with Crippen LogP contribution in [0.4, 0.5) is 26.3 Å². The Balaban J connectivity index is 0.000000607. The molecule has 188 valence electrons. The van der Waals surface area contributed by atoms with Crippen molar-refractivity contribution >= 4 is 28.9 Å². The molecule has 0 bridgehead atoms. The average Bonchev–Trinajstić information content (AvgIpc) is 2.61. The average molecular weight is 537 g/mol. The van der Waals surface area contributed by atoms with Crippen LogP contribution < -0.4 is 4.57 Å². The van der Waals surface area contributed by atoms with Crippen LogP contribution in [0.25, 0.3) is 4.13 Å². The highest BCUT2D eigenvalue weighted by Crippen LogP contribution is 2.36. The zero-order valence-corrected chi connectivity index (χ0v) is 19.7. The van der Waals surface area contributed by atoms with E-state index in [0.717, 1.165) is 4.13 Å². The maximum Gasteiger partial charge on any atom is 0.570 e. The molecule has 0 N–H and O–H groups in total. The largest absolute Gasteiger partial charge is 0.570 e. The molecule has 0 radical (unpaired) electrons. The third-order valence-electron chi connectivity index (χ3n) is 3.03. The second-order valence-electron chi connectivity index (χ2n) is 5.45. The zero-order valence-electron chi connectivity index (χ0n) is 17.1. The van der Waals surface area contributed by atoms with Crippen molar-refractivity contribution in [3.63, 3.8) is 0 Å². The molecule has 32 heavy (non-hydrogen) atoms. The summed E-state index contributed by atoms with van der Waals surface area (Å²) in [7, 11) is -16.0. The summed E-state index contributed by atoms with van der Waals surface area (Å²) in [6, 6.07) is 5.97. The maximum absolute atomic E-state index is 11.4. The number of hydrogen-bond donors (Lipinski definition) is 0. The number of alkyl halides is 6. The van der Waals surface area contributed by atoms with Gasteiger partial charge in [0.05, 0.1) is 0 Å². The van der Waals surface area contributed by atoms with Crippen molar-refractivity contribution < 1.29 is 61.0 Å². The van der Waals surface area contributed by atoms with Crippen molar-refractivity contribution in [3.05, 3.63) is 34.7 Å². The first kappa shape index (κ1) is 30.7. The van der Waals surface area contributed by atoms with Gasteiger partial charge in [-0.3, -0.25) is 0 Å². The van der Waals surface area contributed by atoms with E-state index in [1.165, 1.54) is 0 Å². The predicted molar refractivity (Wildman–Crippen MR) is 101 cm³/mol. The highest BCUT2D eigenvalue weighted by Gasteiger charge is 2.47. The fraction of sp³-hybridized carbons (Fsp3) is 0.643. The molecule has 0 aliphatic carbocycles. The molecule has 9 nitrogen and oxygen atoms in total. The number of aromatic nitrogens is 1. The van der Waals surface area contributed by atoms with Gasteiger partial charge in [-0.1, -0.05) is 6.07 Å². The first-order valence-corrected chi connectivity index (χ1v) is 13.5. The highest BCUT2D eigenvalue weighted by atomic mass is 32.3. The van der Waals surface area contributed by atoms with Gasteiger partial charge < -0.3 is 17.4 Å². The summed E-state index contributed by atoms with van der Waals surface area (Å²) in [4.78, 5) is 0. The number of nitrogens with zero attached hydrogens (tertiary/aromatic N) is 2. The summed E-state index contributed by atoms with van der Waals surface area (Å²) in [6.45, 7) is 7.74. The molecule has 0 aliphatic heterocycles. The summed E-state index contributed by atoms with van der Waals surface area (Å²) in [5.41, 5.74) is -12.4. The molecular weight excluding hydrogens is 514 g/mol. The minimum absolute atomic E-state index is 0.611. The first-order chi connectivity index (χ1) is 14.5. The third kappa shape index (κ3) is 9.67. The van der Waals surface area contributed by atoms with Crippen molar-refractivity contribution in [3.8, 4) is 0 Å². The minimum atomic E-state index is -6.72. The summed E-state index contributed by atoms with van der Waals surface area (Å²) in [6.07, 6.45) is 4.65. The fourth-order valence-electron chi connectivity index (χ4n) is 1.90. The lowest BCUT2D eigenvalue weighted by Crippen LogP contribution is -2.57. The van der Waals surface area contributed by atoms with Gasteiger partial charge in [0.25, 0.3) is 0 Å². The molecule has 1 rings (SSSR count). The van der Waals surface area contributed by atoms with Gasteiger partial charge in [0.15, 0.2) is 32.4 Å². The number of hydrogen-bond acceptors (Lipinski definition) is 7. The summed E-state index contributed by atoms with van der Waals surface area (Å²) in [5.74, 6) is 0. The van der Waals surface area contributed by atoms with Crippen LogP contribution in [0, 0.1) is 0 Å². The molecule has 0 aromatic carbocycles. The van der Waals surface area contributed by atoms with Gasteiger partial charge in [-0.2, -0.15) is 26.3 Å². The zero-order chi connectivity index (χ0) is 25.3. The van der Waals surface area contributed by atoms with Crippen molar-refractivity contribution in [2.75, 3.05) is 19.8 Å². The van der Waals surface area contributed by atoms with Crippen LogP contribution in [0.5, 0.6) is 0 Å². The second kappa shape index (κ2) is 12.2. The number of pyridine rings is 1. The van der Waals surface area contributed by atoms with Crippen LogP contribution in [-0.4, -0.2) is 56.5 Å². The maximum atomic E-state index is 11.4. The Hall–Kier alpha value is -1.31. The molecule has 0 atom stereocenters. The van der Waals surface area contributed by atoms with E-state index in [2.05, 4.69) is 0 Å². The number of rotatable bonds is 10. The standard InChI is InChI=1S/C12H22NO3Si.C2F6NO4S2/c1-4-14-17(15-5-2,16-6-3)12-13-10-8-7-9-11-13;3-1(4,5)14(10,11)9-15(12,13)2(6,7)8/h7-11H,4-6,12H2,1-3H3;/q+1;-1. The Morgan fingerprint density at radius 1 is 0.750 bits per heavy atom. The molecule has 0 saturated heterocycles. The lowest BCUT2D eigenvalue weighted by molar-refractivity contribution is -0.685. The number of sulfonamides is 2. The number of halogens is 6. The minimum Gasteiger partial charge on any atom is -0.421 e. The summed E-state index contributed by atoms with van der Waals surface area (Å²) >= 11 is 0. The van der Waals surface area contributed by atoms with Crippen LogP contribution in [0.1, 0.15) is 20.8 Å². The van der Waals surface area contributed by atoms with Gasteiger partial charge >= 0.3 is 19.8 Å². The van der Waals surface area contributed by atoms with Crippen molar-refractivity contribution in [2.24, 2.45) is 0 Å². The topological polar surface area (TPSA) is 114 Å². The Labute approximate surface area is 182 Å². The third-order valence-corrected chi connectivity index (χ3v) is 8.71. The van der Waals surface area contributed by atoms with Crippen LogP contribution in [0.2, 0.25) is 0 Å². The molecule has 0 saturated carbocycles. The van der Waals surface area contributed by atoms with Gasteiger partial charge in [-0.25, -0.2) is 21.4 Å². The molecule has 0 amide bonds. The van der Waals surface area contributed by atoms with E-state index in [1.54, 1.807) is 0 Å². The van der Waals surface area contributed by atoms with Crippen molar-refractivity contribution in [1.82, 2.24) is 0 Å². The first-order valence-electron chi connectivity index (χ1n) is 8.69. The smallest absolute Gasteiger partial charge is 0.421 e. The molecule has 1 aromatic rings. The molecular formula is C14H22F6N2O7S2Si. The van der Waals surface area contributed by atoms with Gasteiger partial charge in [0.2, 0.25) is 6.17 Å². The Morgan fingerprint density at radius 2 is 1.09 bits per heavy atom. The molecule has 0 fully saturated rings.